The fourth-order valence-corrected chi connectivity index (χ4v) is 2.96. The molecule has 4 rings (SSSR count). The number of amides is 1. The van der Waals surface area contributed by atoms with Gasteiger partial charge in [-0.05, 0) is 47.5 Å². The molecule has 0 saturated carbocycles. The van der Waals surface area contributed by atoms with Gasteiger partial charge in [0, 0.05) is 30.6 Å². The van der Waals surface area contributed by atoms with E-state index in [0.29, 0.717) is 42.8 Å². The molecule has 1 aromatic heterocycles. The maximum absolute atomic E-state index is 12.1. The lowest BCUT2D eigenvalue weighted by Gasteiger charge is -2.10. The monoisotopic (exact) mass is 433 g/mol. The van der Waals surface area contributed by atoms with E-state index in [2.05, 4.69) is 15.5 Å². The average Bonchev–Trinajstić information content (AvgIpc) is 3.07. The third kappa shape index (κ3) is 6.21. The van der Waals surface area contributed by atoms with Crippen LogP contribution in [0, 0.1) is 0 Å². The van der Waals surface area contributed by atoms with Crippen molar-refractivity contribution in [2.45, 2.75) is 13.0 Å². The Bertz CT molecular complexity index is 1070. The largest absolute Gasteiger partial charge is 0.490 e. The van der Waals surface area contributed by atoms with E-state index < -0.39 is 0 Å². The first-order valence-corrected chi connectivity index (χ1v) is 10.2. The first-order chi connectivity index (χ1) is 15.8. The molecule has 0 bridgehead atoms. The fraction of sp³-hybridized carbons (Fsp3) is 0.208. The van der Waals surface area contributed by atoms with E-state index in [1.807, 2.05) is 36.4 Å². The molecule has 1 aliphatic rings. The number of carbonyl (C=O) groups is 1. The number of oxime groups is 1. The second kappa shape index (κ2) is 10.8. The molecule has 0 saturated heterocycles. The predicted molar refractivity (Wildman–Crippen MR) is 119 cm³/mol. The number of hydrogen-bond acceptors (Lipinski definition) is 7. The third-order valence-electron chi connectivity index (χ3n) is 4.52. The van der Waals surface area contributed by atoms with Crippen LogP contribution in [0.25, 0.3) is 0 Å². The molecule has 0 radical (unpaired) electrons. The summed E-state index contributed by atoms with van der Waals surface area (Å²) in [6.45, 7) is 1.42. The van der Waals surface area contributed by atoms with Gasteiger partial charge in [-0.25, -0.2) is 0 Å². The molecule has 0 aliphatic carbocycles. The van der Waals surface area contributed by atoms with Crippen LogP contribution in [0.3, 0.4) is 0 Å². The van der Waals surface area contributed by atoms with Crippen molar-refractivity contribution in [1.82, 2.24) is 4.98 Å². The minimum Gasteiger partial charge on any atom is -0.490 e. The van der Waals surface area contributed by atoms with Crippen molar-refractivity contribution >= 4 is 17.8 Å². The van der Waals surface area contributed by atoms with Crippen LogP contribution < -0.4 is 19.5 Å². The first-order valence-electron chi connectivity index (χ1n) is 10.2. The standard InChI is InChI=1S/C24H23N3O5/c28-24(27-20-5-6-22-23(14-20)30-12-2-11-29-22)17-32-26-15-19-3-1-4-21(13-19)31-16-18-7-9-25-10-8-18/h1,3-10,13-15H,2,11-12,16-17H2,(H,27,28)/b26-15+. The number of fused-ring (bicyclic) bond motifs is 1. The minimum atomic E-state index is -0.328. The topological polar surface area (TPSA) is 91.3 Å². The number of ether oxygens (including phenoxy) is 3. The first kappa shape index (κ1) is 21.2. The van der Waals surface area contributed by atoms with Crippen LogP contribution in [0.4, 0.5) is 5.69 Å². The Balaban J connectivity index is 1.24. The third-order valence-corrected chi connectivity index (χ3v) is 4.52. The number of anilines is 1. The van der Waals surface area contributed by atoms with E-state index in [1.165, 1.54) is 6.21 Å². The van der Waals surface area contributed by atoms with Crippen LogP contribution in [-0.2, 0) is 16.2 Å². The molecule has 0 atom stereocenters. The number of nitrogens with one attached hydrogen (secondary N) is 1. The van der Waals surface area contributed by atoms with Crippen LogP contribution in [0.5, 0.6) is 17.2 Å². The average molecular weight is 433 g/mol. The van der Waals surface area contributed by atoms with E-state index in [0.717, 1.165) is 17.5 Å². The molecule has 164 valence electrons. The smallest absolute Gasteiger partial charge is 0.265 e. The maximum atomic E-state index is 12.1. The van der Waals surface area contributed by atoms with Gasteiger partial charge in [0.25, 0.3) is 5.91 Å². The highest BCUT2D eigenvalue weighted by Gasteiger charge is 2.12. The Morgan fingerprint density at radius 3 is 2.78 bits per heavy atom. The number of carbonyl (C=O) groups excluding carboxylic acids is 1. The molecule has 8 nitrogen and oxygen atoms in total. The molecule has 32 heavy (non-hydrogen) atoms. The van der Waals surface area contributed by atoms with Crippen LogP contribution in [0.2, 0.25) is 0 Å². The lowest BCUT2D eigenvalue weighted by molar-refractivity contribution is -0.120. The Kier molecular flexibility index (Phi) is 7.15. The molecule has 1 amide bonds. The number of rotatable bonds is 8. The van der Waals surface area contributed by atoms with E-state index in [-0.39, 0.29) is 12.5 Å². The lowest BCUT2D eigenvalue weighted by atomic mass is 10.2. The zero-order valence-corrected chi connectivity index (χ0v) is 17.4. The summed E-state index contributed by atoms with van der Waals surface area (Å²) < 4.78 is 17.0. The van der Waals surface area contributed by atoms with Crippen molar-refractivity contribution in [3.63, 3.8) is 0 Å². The number of pyridine rings is 1. The summed E-state index contributed by atoms with van der Waals surface area (Å²) in [5, 5.41) is 6.63. The molecule has 8 heteroatoms. The Hall–Kier alpha value is -4.07. The van der Waals surface area contributed by atoms with Gasteiger partial charge in [-0.15, -0.1) is 0 Å². The molecule has 2 aromatic carbocycles. The molecular weight excluding hydrogens is 410 g/mol. The highest BCUT2D eigenvalue weighted by Crippen LogP contribution is 2.32. The van der Waals surface area contributed by atoms with Crippen molar-refractivity contribution in [3.05, 3.63) is 78.1 Å². The highest BCUT2D eigenvalue weighted by atomic mass is 16.6. The van der Waals surface area contributed by atoms with Gasteiger partial charge in [0.2, 0.25) is 0 Å². The molecule has 3 aromatic rings. The van der Waals surface area contributed by atoms with E-state index in [4.69, 9.17) is 19.0 Å². The fourth-order valence-electron chi connectivity index (χ4n) is 2.96. The molecular formula is C24H23N3O5. The Morgan fingerprint density at radius 1 is 1.06 bits per heavy atom. The quantitative estimate of drug-likeness (QED) is 0.429. The summed E-state index contributed by atoms with van der Waals surface area (Å²) in [5.41, 5.74) is 2.42. The van der Waals surface area contributed by atoms with E-state index in [9.17, 15) is 4.79 Å². The SMILES string of the molecule is O=C(CO/N=C/c1cccc(OCc2ccncc2)c1)Nc1ccc2c(c1)OCCCO2. The van der Waals surface area contributed by atoms with Gasteiger partial charge in [-0.2, -0.15) is 0 Å². The molecule has 0 spiro atoms. The van der Waals surface area contributed by atoms with E-state index >= 15 is 0 Å². The van der Waals surface area contributed by atoms with Crippen LogP contribution >= 0.6 is 0 Å². The summed E-state index contributed by atoms with van der Waals surface area (Å²) in [5.74, 6) is 1.67. The van der Waals surface area contributed by atoms with E-state index in [1.54, 1.807) is 30.6 Å². The van der Waals surface area contributed by atoms with Crippen molar-refractivity contribution in [3.8, 4) is 17.2 Å². The highest BCUT2D eigenvalue weighted by molar-refractivity contribution is 5.92. The van der Waals surface area contributed by atoms with Gasteiger partial charge in [0.15, 0.2) is 18.1 Å². The second-order valence-electron chi connectivity index (χ2n) is 6.98. The molecule has 0 fully saturated rings. The minimum absolute atomic E-state index is 0.219. The number of aromatic nitrogens is 1. The zero-order valence-electron chi connectivity index (χ0n) is 17.4. The number of nitrogens with zero attached hydrogens (tertiary/aromatic N) is 2. The van der Waals surface area contributed by atoms with Crippen LogP contribution in [0.1, 0.15) is 17.5 Å². The lowest BCUT2D eigenvalue weighted by Crippen LogP contribution is -2.17. The Morgan fingerprint density at radius 2 is 1.91 bits per heavy atom. The van der Waals surface area contributed by atoms with Crippen LogP contribution in [-0.4, -0.2) is 36.9 Å². The van der Waals surface area contributed by atoms with Gasteiger partial charge in [0.1, 0.15) is 12.4 Å². The van der Waals surface area contributed by atoms with Gasteiger partial charge >= 0.3 is 0 Å². The Labute approximate surface area is 185 Å². The number of benzene rings is 2. The van der Waals surface area contributed by atoms with Gasteiger partial charge in [0.05, 0.1) is 19.4 Å². The van der Waals surface area contributed by atoms with Gasteiger partial charge in [-0.1, -0.05) is 17.3 Å². The van der Waals surface area contributed by atoms with Crippen molar-refractivity contribution in [1.29, 1.82) is 0 Å². The van der Waals surface area contributed by atoms with Crippen molar-refractivity contribution in [2.75, 3.05) is 25.1 Å². The maximum Gasteiger partial charge on any atom is 0.265 e. The van der Waals surface area contributed by atoms with Gasteiger partial charge < -0.3 is 24.4 Å². The molecule has 1 aliphatic heterocycles. The zero-order chi connectivity index (χ0) is 22.0. The molecule has 2 heterocycles. The van der Waals surface area contributed by atoms with Gasteiger partial charge in [-0.3, -0.25) is 9.78 Å². The molecule has 1 N–H and O–H groups in total. The predicted octanol–water partition coefficient (Wildman–Crippen LogP) is 3.81. The summed E-state index contributed by atoms with van der Waals surface area (Å²) in [6.07, 6.45) is 5.80. The summed E-state index contributed by atoms with van der Waals surface area (Å²) in [7, 11) is 0. The molecule has 0 unspecified atom stereocenters. The van der Waals surface area contributed by atoms with Crippen molar-refractivity contribution < 1.29 is 23.8 Å². The summed E-state index contributed by atoms with van der Waals surface area (Å²) in [6, 6.07) is 16.5. The summed E-state index contributed by atoms with van der Waals surface area (Å²) in [4.78, 5) is 21.2. The second-order valence-corrected chi connectivity index (χ2v) is 6.98. The summed E-state index contributed by atoms with van der Waals surface area (Å²) >= 11 is 0. The van der Waals surface area contributed by atoms with Crippen molar-refractivity contribution in [2.24, 2.45) is 5.16 Å². The normalized spacial score (nSPS) is 12.8. The van der Waals surface area contributed by atoms with Crippen LogP contribution in [0.15, 0.2) is 72.1 Å². The number of hydrogen-bond donors (Lipinski definition) is 1.